The Kier molecular flexibility index (Phi) is 2.47. The van der Waals surface area contributed by atoms with Gasteiger partial charge in [0.1, 0.15) is 0 Å². The maximum Gasteiger partial charge on any atom is 0.226 e. The van der Waals surface area contributed by atoms with Crippen molar-refractivity contribution in [2.24, 2.45) is 17.6 Å². The standard InChI is InChI=1S/C10H16N2OS/c1-6-5-7(6)10(13)12-4-2-3-8(12)9(11)14/h6-8H,2-5H2,1H3,(H2,11,14). The van der Waals surface area contributed by atoms with Crippen LogP contribution in [-0.2, 0) is 4.79 Å². The zero-order valence-electron chi connectivity index (χ0n) is 8.40. The van der Waals surface area contributed by atoms with E-state index >= 15 is 0 Å². The Labute approximate surface area is 89.6 Å². The number of nitrogens with two attached hydrogens (primary N) is 1. The number of carbonyl (C=O) groups excluding carboxylic acids is 1. The third kappa shape index (κ3) is 1.63. The minimum Gasteiger partial charge on any atom is -0.392 e. The summed E-state index contributed by atoms with van der Waals surface area (Å²) >= 11 is 4.97. The van der Waals surface area contributed by atoms with Gasteiger partial charge >= 0.3 is 0 Å². The molecule has 0 bridgehead atoms. The first-order chi connectivity index (χ1) is 6.61. The molecule has 0 aromatic carbocycles. The summed E-state index contributed by atoms with van der Waals surface area (Å²) in [4.78, 5) is 14.3. The molecule has 78 valence electrons. The molecule has 3 unspecified atom stereocenters. The molecule has 1 saturated heterocycles. The average molecular weight is 212 g/mol. The molecule has 1 saturated carbocycles. The van der Waals surface area contributed by atoms with Gasteiger partial charge in [-0.15, -0.1) is 0 Å². The number of hydrogen-bond donors (Lipinski definition) is 1. The minimum absolute atomic E-state index is 0.0327. The number of likely N-dealkylation sites (tertiary alicyclic amines) is 1. The van der Waals surface area contributed by atoms with Gasteiger partial charge in [-0.05, 0) is 25.2 Å². The maximum atomic E-state index is 11.9. The summed E-state index contributed by atoms with van der Waals surface area (Å²) in [6.45, 7) is 2.96. The zero-order valence-corrected chi connectivity index (χ0v) is 9.22. The van der Waals surface area contributed by atoms with Crippen molar-refractivity contribution in [3.63, 3.8) is 0 Å². The van der Waals surface area contributed by atoms with E-state index in [1.807, 2.05) is 4.90 Å². The monoisotopic (exact) mass is 212 g/mol. The minimum atomic E-state index is 0.0327. The average Bonchev–Trinajstić information content (AvgIpc) is 2.69. The van der Waals surface area contributed by atoms with Crippen LogP contribution >= 0.6 is 12.2 Å². The highest BCUT2D eigenvalue weighted by molar-refractivity contribution is 7.80. The smallest absolute Gasteiger partial charge is 0.226 e. The molecular weight excluding hydrogens is 196 g/mol. The van der Waals surface area contributed by atoms with Gasteiger partial charge in [-0.2, -0.15) is 0 Å². The fourth-order valence-corrected chi connectivity index (χ4v) is 2.45. The lowest BCUT2D eigenvalue weighted by atomic mass is 10.2. The van der Waals surface area contributed by atoms with Crippen LogP contribution in [0.5, 0.6) is 0 Å². The number of rotatable bonds is 2. The maximum absolute atomic E-state index is 11.9. The highest BCUT2D eigenvalue weighted by atomic mass is 32.1. The third-order valence-corrected chi connectivity index (χ3v) is 3.56. The second kappa shape index (κ2) is 3.50. The van der Waals surface area contributed by atoms with Crippen LogP contribution in [0.15, 0.2) is 0 Å². The number of thiocarbonyl (C=S) groups is 1. The van der Waals surface area contributed by atoms with Crippen LogP contribution in [0.25, 0.3) is 0 Å². The molecule has 2 fully saturated rings. The van der Waals surface area contributed by atoms with Crippen molar-refractivity contribution in [2.45, 2.75) is 32.2 Å². The SMILES string of the molecule is CC1CC1C(=O)N1CCCC1C(N)=S. The van der Waals surface area contributed by atoms with Crippen molar-refractivity contribution in [1.82, 2.24) is 4.90 Å². The Hall–Kier alpha value is -0.640. The van der Waals surface area contributed by atoms with E-state index in [1.165, 1.54) is 0 Å². The molecule has 0 spiro atoms. The first kappa shape index (κ1) is 9.90. The van der Waals surface area contributed by atoms with Crippen LogP contribution in [-0.4, -0.2) is 28.4 Å². The molecule has 0 aromatic rings. The Morgan fingerprint density at radius 3 is 2.71 bits per heavy atom. The predicted molar refractivity (Wildman–Crippen MR) is 58.8 cm³/mol. The lowest BCUT2D eigenvalue weighted by Gasteiger charge is -2.23. The zero-order chi connectivity index (χ0) is 10.3. The van der Waals surface area contributed by atoms with Crippen LogP contribution < -0.4 is 5.73 Å². The Morgan fingerprint density at radius 2 is 2.21 bits per heavy atom. The second-order valence-corrected chi connectivity index (χ2v) is 4.88. The molecule has 4 heteroatoms. The number of nitrogens with zero attached hydrogens (tertiary/aromatic N) is 1. The van der Waals surface area contributed by atoms with Crippen molar-refractivity contribution < 1.29 is 4.79 Å². The van der Waals surface area contributed by atoms with Gasteiger partial charge in [-0.1, -0.05) is 19.1 Å². The van der Waals surface area contributed by atoms with Crippen molar-refractivity contribution in [3.05, 3.63) is 0 Å². The topological polar surface area (TPSA) is 46.3 Å². The molecule has 2 rings (SSSR count). The first-order valence-electron chi connectivity index (χ1n) is 5.21. The lowest BCUT2D eigenvalue weighted by Crippen LogP contribution is -2.43. The van der Waals surface area contributed by atoms with Crippen molar-refractivity contribution in [1.29, 1.82) is 0 Å². The highest BCUT2D eigenvalue weighted by Gasteiger charge is 2.44. The Bertz CT molecular complexity index is 279. The second-order valence-electron chi connectivity index (χ2n) is 4.41. The van der Waals surface area contributed by atoms with Crippen molar-refractivity contribution in [2.75, 3.05) is 6.54 Å². The van der Waals surface area contributed by atoms with E-state index in [-0.39, 0.29) is 17.9 Å². The van der Waals surface area contributed by atoms with Gasteiger partial charge in [0.2, 0.25) is 5.91 Å². The Morgan fingerprint density at radius 1 is 1.57 bits per heavy atom. The van der Waals surface area contributed by atoms with Gasteiger partial charge in [-0.25, -0.2) is 0 Å². The van der Waals surface area contributed by atoms with Gasteiger partial charge in [0, 0.05) is 12.5 Å². The molecule has 1 aliphatic carbocycles. The summed E-state index contributed by atoms with van der Waals surface area (Å²) in [6.07, 6.45) is 3.02. The lowest BCUT2D eigenvalue weighted by molar-refractivity contribution is -0.132. The fourth-order valence-electron chi connectivity index (χ4n) is 2.21. The molecule has 1 heterocycles. The predicted octanol–water partition coefficient (Wildman–Crippen LogP) is 0.920. The summed E-state index contributed by atoms with van der Waals surface area (Å²) in [5.74, 6) is 1.09. The van der Waals surface area contributed by atoms with Crippen molar-refractivity contribution >= 4 is 23.1 Å². The summed E-state index contributed by atoms with van der Waals surface area (Å²) in [6, 6.07) is 0.0327. The largest absolute Gasteiger partial charge is 0.392 e. The van der Waals surface area contributed by atoms with E-state index < -0.39 is 0 Å². The van der Waals surface area contributed by atoms with E-state index in [1.54, 1.807) is 0 Å². The van der Waals surface area contributed by atoms with Gasteiger partial charge in [0.05, 0.1) is 11.0 Å². The van der Waals surface area contributed by atoms with E-state index in [9.17, 15) is 4.79 Å². The molecule has 3 nitrogen and oxygen atoms in total. The van der Waals surface area contributed by atoms with E-state index in [4.69, 9.17) is 18.0 Å². The Balaban J connectivity index is 2.02. The van der Waals surface area contributed by atoms with Crippen LogP contribution in [0.4, 0.5) is 0 Å². The van der Waals surface area contributed by atoms with Crippen LogP contribution in [0.1, 0.15) is 26.2 Å². The fraction of sp³-hybridized carbons (Fsp3) is 0.800. The molecule has 14 heavy (non-hydrogen) atoms. The third-order valence-electron chi connectivity index (χ3n) is 3.29. The van der Waals surface area contributed by atoms with Crippen LogP contribution in [0.3, 0.4) is 0 Å². The van der Waals surface area contributed by atoms with Crippen LogP contribution in [0.2, 0.25) is 0 Å². The molecule has 1 aliphatic heterocycles. The molecule has 2 aliphatic rings. The van der Waals surface area contributed by atoms with Gasteiger partial charge in [0.15, 0.2) is 0 Å². The summed E-state index contributed by atoms with van der Waals surface area (Å²) in [5.41, 5.74) is 5.62. The van der Waals surface area contributed by atoms with E-state index in [0.717, 1.165) is 25.8 Å². The van der Waals surface area contributed by atoms with Gasteiger partial charge in [0.25, 0.3) is 0 Å². The molecule has 3 atom stereocenters. The van der Waals surface area contributed by atoms with Crippen molar-refractivity contribution in [3.8, 4) is 0 Å². The highest BCUT2D eigenvalue weighted by Crippen LogP contribution is 2.40. The number of amides is 1. The summed E-state index contributed by atoms with van der Waals surface area (Å²) < 4.78 is 0. The van der Waals surface area contributed by atoms with E-state index in [2.05, 4.69) is 6.92 Å². The van der Waals surface area contributed by atoms with Gasteiger partial charge in [-0.3, -0.25) is 4.79 Å². The summed E-state index contributed by atoms with van der Waals surface area (Å²) in [7, 11) is 0. The molecule has 0 aromatic heterocycles. The molecule has 2 N–H and O–H groups in total. The molecule has 1 amide bonds. The number of hydrogen-bond acceptors (Lipinski definition) is 2. The normalized spacial score (nSPS) is 35.8. The molecular formula is C10H16N2OS. The first-order valence-corrected chi connectivity index (χ1v) is 5.62. The summed E-state index contributed by atoms with van der Waals surface area (Å²) in [5, 5.41) is 0. The quantitative estimate of drug-likeness (QED) is 0.692. The van der Waals surface area contributed by atoms with Gasteiger partial charge < -0.3 is 10.6 Å². The van der Waals surface area contributed by atoms with E-state index in [0.29, 0.717) is 10.9 Å². The van der Waals surface area contributed by atoms with Crippen LogP contribution in [0, 0.1) is 11.8 Å². The number of carbonyl (C=O) groups is 1. The molecule has 0 radical (unpaired) electrons.